The minimum Gasteiger partial charge on any atom is -0.255 e. The summed E-state index contributed by atoms with van der Waals surface area (Å²) in [6.45, 7) is 0. The smallest absolute Gasteiger partial charge is 0.0781 e. The van der Waals surface area contributed by atoms with Gasteiger partial charge in [-0.25, -0.2) is 0 Å². The number of benzene rings is 4. The first kappa shape index (κ1) is 16.5. The van der Waals surface area contributed by atoms with Gasteiger partial charge in [0.05, 0.1) is 5.52 Å². The molecule has 0 N–H and O–H groups in total. The number of pyridine rings is 1. The molecule has 0 unspecified atom stereocenters. The summed E-state index contributed by atoms with van der Waals surface area (Å²) in [5, 5.41) is 1.15. The van der Waals surface area contributed by atoms with Crippen molar-refractivity contribution in [3.63, 3.8) is 0 Å². The number of aromatic nitrogens is 1. The lowest BCUT2D eigenvalue weighted by Gasteiger charge is -2.12. The van der Waals surface area contributed by atoms with Gasteiger partial charge in [0.15, 0.2) is 0 Å². The van der Waals surface area contributed by atoms with E-state index in [0.717, 1.165) is 22.0 Å². The molecule has 0 aliphatic carbocycles. The fourth-order valence-electron chi connectivity index (χ4n) is 3.67. The van der Waals surface area contributed by atoms with Gasteiger partial charge in [0.2, 0.25) is 0 Å². The summed E-state index contributed by atoms with van der Waals surface area (Å²) < 4.78 is 0. The average molecular weight is 357 g/mol. The summed E-state index contributed by atoms with van der Waals surface area (Å²) in [6, 6.07) is 38.2. The molecule has 0 atom stereocenters. The molecule has 28 heavy (non-hydrogen) atoms. The Balaban J connectivity index is 1.77. The first-order valence-electron chi connectivity index (χ1n) is 9.48. The highest BCUT2D eigenvalue weighted by Crippen LogP contribution is 2.34. The van der Waals surface area contributed by atoms with Crippen LogP contribution in [0, 0.1) is 0 Å². The Kier molecular flexibility index (Phi) is 4.19. The monoisotopic (exact) mass is 357 g/mol. The molecule has 0 saturated heterocycles. The van der Waals surface area contributed by atoms with Gasteiger partial charge in [-0.2, -0.15) is 0 Å². The van der Waals surface area contributed by atoms with Crippen molar-refractivity contribution in [2.75, 3.05) is 0 Å². The molecule has 0 radical (unpaired) electrons. The average Bonchev–Trinajstić information content (AvgIpc) is 2.79. The van der Waals surface area contributed by atoms with Crippen LogP contribution in [0.1, 0.15) is 0 Å². The summed E-state index contributed by atoms with van der Waals surface area (Å²) >= 11 is 0. The molecule has 5 aromatic rings. The van der Waals surface area contributed by atoms with Gasteiger partial charge < -0.3 is 0 Å². The lowest BCUT2D eigenvalue weighted by atomic mass is 9.94. The van der Waals surface area contributed by atoms with E-state index >= 15 is 0 Å². The van der Waals surface area contributed by atoms with Crippen LogP contribution < -0.4 is 0 Å². The molecule has 0 bridgehead atoms. The van der Waals surface area contributed by atoms with E-state index in [-0.39, 0.29) is 0 Å². The Labute approximate surface area is 165 Å². The number of nitrogens with zero attached hydrogens (tertiary/aromatic N) is 1. The molecule has 4 aromatic carbocycles. The fraction of sp³-hybridized carbons (Fsp3) is 0. The Bertz CT molecular complexity index is 1220. The van der Waals surface area contributed by atoms with E-state index in [1.54, 1.807) is 0 Å². The molecule has 132 valence electrons. The third-order valence-electron chi connectivity index (χ3n) is 5.08. The lowest BCUT2D eigenvalue weighted by Crippen LogP contribution is -1.89. The van der Waals surface area contributed by atoms with Crippen molar-refractivity contribution < 1.29 is 0 Å². The summed E-state index contributed by atoms with van der Waals surface area (Å²) in [5.74, 6) is 0. The SMILES string of the molecule is c1ccc(-c2cnc3c(-c4ccccc4)cc(-c4ccccc4)cc3c2)cc1. The standard InChI is InChI=1S/C27H19N/c1-4-10-20(11-5-1)23-16-24-17-25(21-12-6-2-7-13-21)19-28-27(24)26(18-23)22-14-8-3-9-15-22/h1-19H. The second-order valence-electron chi connectivity index (χ2n) is 6.92. The summed E-state index contributed by atoms with van der Waals surface area (Å²) in [6.07, 6.45) is 1.98. The number of hydrogen-bond donors (Lipinski definition) is 0. The van der Waals surface area contributed by atoms with Crippen molar-refractivity contribution in [2.45, 2.75) is 0 Å². The highest BCUT2D eigenvalue weighted by molar-refractivity contribution is 5.99. The van der Waals surface area contributed by atoms with Crippen molar-refractivity contribution in [3.8, 4) is 33.4 Å². The van der Waals surface area contributed by atoms with E-state index in [2.05, 4.69) is 97.1 Å². The minimum atomic E-state index is 1.03. The van der Waals surface area contributed by atoms with Crippen LogP contribution in [-0.2, 0) is 0 Å². The Hall–Kier alpha value is -3.71. The molecule has 1 nitrogen and oxygen atoms in total. The first-order valence-corrected chi connectivity index (χ1v) is 9.48. The summed E-state index contributed by atoms with van der Waals surface area (Å²) in [4.78, 5) is 4.87. The van der Waals surface area contributed by atoms with Gasteiger partial charge in [-0.3, -0.25) is 4.98 Å². The van der Waals surface area contributed by atoms with E-state index in [4.69, 9.17) is 4.98 Å². The van der Waals surface area contributed by atoms with Crippen molar-refractivity contribution in [2.24, 2.45) is 0 Å². The number of hydrogen-bond acceptors (Lipinski definition) is 1. The summed E-state index contributed by atoms with van der Waals surface area (Å²) in [7, 11) is 0. The van der Waals surface area contributed by atoms with Gasteiger partial charge in [-0.05, 0) is 40.5 Å². The van der Waals surface area contributed by atoms with Crippen molar-refractivity contribution >= 4 is 10.9 Å². The third kappa shape index (κ3) is 3.08. The normalized spacial score (nSPS) is 10.9. The predicted octanol–water partition coefficient (Wildman–Crippen LogP) is 7.24. The Morgan fingerprint density at radius 1 is 0.429 bits per heavy atom. The molecule has 5 rings (SSSR count). The summed E-state index contributed by atoms with van der Waals surface area (Å²) in [5.41, 5.74) is 8.12. The van der Waals surface area contributed by atoms with Crippen molar-refractivity contribution in [1.82, 2.24) is 4.98 Å². The van der Waals surface area contributed by atoms with Crippen LogP contribution >= 0.6 is 0 Å². The van der Waals surface area contributed by atoms with Gasteiger partial charge in [0.1, 0.15) is 0 Å². The van der Waals surface area contributed by atoms with E-state index in [1.807, 2.05) is 18.3 Å². The van der Waals surface area contributed by atoms with E-state index in [1.165, 1.54) is 22.3 Å². The molecule has 0 aliphatic heterocycles. The second kappa shape index (κ2) is 7.13. The van der Waals surface area contributed by atoms with Crippen LogP contribution in [0.25, 0.3) is 44.3 Å². The maximum atomic E-state index is 4.87. The zero-order chi connectivity index (χ0) is 18.8. The topological polar surface area (TPSA) is 12.9 Å². The van der Waals surface area contributed by atoms with Crippen LogP contribution in [0.2, 0.25) is 0 Å². The highest BCUT2D eigenvalue weighted by atomic mass is 14.7. The quantitative estimate of drug-likeness (QED) is 0.332. The van der Waals surface area contributed by atoms with E-state index in [9.17, 15) is 0 Å². The molecule has 1 heterocycles. The maximum absolute atomic E-state index is 4.87. The lowest BCUT2D eigenvalue weighted by molar-refractivity contribution is 1.40. The molecule has 0 spiro atoms. The molecule has 0 saturated carbocycles. The van der Waals surface area contributed by atoms with Crippen LogP contribution in [0.5, 0.6) is 0 Å². The van der Waals surface area contributed by atoms with E-state index in [0.29, 0.717) is 0 Å². The molecule has 0 fully saturated rings. The predicted molar refractivity (Wildman–Crippen MR) is 118 cm³/mol. The van der Waals surface area contributed by atoms with Gasteiger partial charge >= 0.3 is 0 Å². The van der Waals surface area contributed by atoms with Crippen LogP contribution in [0.3, 0.4) is 0 Å². The number of rotatable bonds is 3. The van der Waals surface area contributed by atoms with Crippen LogP contribution in [-0.4, -0.2) is 4.98 Å². The Morgan fingerprint density at radius 2 is 0.929 bits per heavy atom. The van der Waals surface area contributed by atoms with Gasteiger partial charge in [0.25, 0.3) is 0 Å². The maximum Gasteiger partial charge on any atom is 0.0781 e. The van der Waals surface area contributed by atoms with Gasteiger partial charge in [-0.1, -0.05) is 91.0 Å². The Morgan fingerprint density at radius 3 is 1.54 bits per heavy atom. The zero-order valence-corrected chi connectivity index (χ0v) is 15.4. The number of fused-ring (bicyclic) bond motifs is 1. The molecular formula is C27H19N. The van der Waals surface area contributed by atoms with Crippen LogP contribution in [0.15, 0.2) is 115 Å². The molecule has 0 amide bonds. The highest BCUT2D eigenvalue weighted by Gasteiger charge is 2.10. The van der Waals surface area contributed by atoms with Crippen molar-refractivity contribution in [3.05, 3.63) is 115 Å². The van der Waals surface area contributed by atoms with Crippen molar-refractivity contribution in [1.29, 1.82) is 0 Å². The molecule has 1 heteroatoms. The largest absolute Gasteiger partial charge is 0.255 e. The second-order valence-corrected chi connectivity index (χ2v) is 6.92. The molecule has 1 aromatic heterocycles. The van der Waals surface area contributed by atoms with Gasteiger partial charge in [-0.15, -0.1) is 0 Å². The zero-order valence-electron chi connectivity index (χ0n) is 15.4. The first-order chi connectivity index (χ1) is 13.9. The minimum absolute atomic E-state index is 1.03. The van der Waals surface area contributed by atoms with E-state index < -0.39 is 0 Å². The molecular weight excluding hydrogens is 338 g/mol. The van der Waals surface area contributed by atoms with Gasteiger partial charge in [0, 0.05) is 22.7 Å². The van der Waals surface area contributed by atoms with Crippen LogP contribution in [0.4, 0.5) is 0 Å². The third-order valence-corrected chi connectivity index (χ3v) is 5.08. The molecule has 0 aliphatic rings. The fourth-order valence-corrected chi connectivity index (χ4v) is 3.67.